The number of aromatic nitrogens is 2. The average Bonchev–Trinajstić information content (AvgIpc) is 3.30. The van der Waals surface area contributed by atoms with E-state index in [2.05, 4.69) is 10.4 Å². The summed E-state index contributed by atoms with van der Waals surface area (Å²) in [4.78, 5) is 25.0. The van der Waals surface area contributed by atoms with E-state index in [0.29, 0.717) is 16.9 Å². The molecule has 0 atom stereocenters. The maximum absolute atomic E-state index is 14.3. The van der Waals surface area contributed by atoms with E-state index in [-0.39, 0.29) is 23.7 Å². The van der Waals surface area contributed by atoms with Gasteiger partial charge in [0.1, 0.15) is 28.8 Å². The summed E-state index contributed by atoms with van der Waals surface area (Å²) < 4.78 is 53.4. The number of nitrogens with zero attached hydrogens (tertiary/aromatic N) is 2. The van der Waals surface area contributed by atoms with Crippen molar-refractivity contribution in [3.05, 3.63) is 95.4 Å². The van der Waals surface area contributed by atoms with Gasteiger partial charge in [0.15, 0.2) is 5.69 Å². The van der Waals surface area contributed by atoms with E-state index in [4.69, 9.17) is 9.47 Å². The van der Waals surface area contributed by atoms with Gasteiger partial charge in [0.05, 0.1) is 25.1 Å². The maximum atomic E-state index is 14.3. The molecule has 0 fully saturated rings. The van der Waals surface area contributed by atoms with Gasteiger partial charge in [-0.3, -0.25) is 4.79 Å². The van der Waals surface area contributed by atoms with E-state index in [9.17, 15) is 22.8 Å². The van der Waals surface area contributed by atoms with Crippen molar-refractivity contribution in [3.63, 3.8) is 0 Å². The smallest absolute Gasteiger partial charge is 0.358 e. The van der Waals surface area contributed by atoms with Crippen molar-refractivity contribution >= 4 is 17.6 Å². The molecule has 0 aliphatic rings. The Bertz CT molecular complexity index is 1410. The Kier molecular flexibility index (Phi) is 7.05. The third kappa shape index (κ3) is 5.07. The van der Waals surface area contributed by atoms with Gasteiger partial charge >= 0.3 is 5.97 Å². The first-order valence-corrected chi connectivity index (χ1v) is 10.8. The zero-order chi connectivity index (χ0) is 25.8. The highest BCUT2D eigenvalue weighted by Gasteiger charge is 2.21. The number of carbonyl (C=O) groups excluding carboxylic acids is 2. The number of anilines is 1. The van der Waals surface area contributed by atoms with Gasteiger partial charge in [0.2, 0.25) is 0 Å². The van der Waals surface area contributed by atoms with Crippen LogP contribution >= 0.6 is 0 Å². The summed E-state index contributed by atoms with van der Waals surface area (Å²) in [6, 6.07) is 15.2. The molecule has 0 spiro atoms. The van der Waals surface area contributed by atoms with Gasteiger partial charge in [-0.1, -0.05) is 12.1 Å². The highest BCUT2D eigenvalue weighted by atomic mass is 19.1. The van der Waals surface area contributed by atoms with Crippen LogP contribution in [0.5, 0.6) is 5.75 Å². The van der Waals surface area contributed by atoms with Gasteiger partial charge in [0.25, 0.3) is 5.91 Å². The molecule has 0 bridgehead atoms. The lowest BCUT2D eigenvalue weighted by Gasteiger charge is -2.11. The number of carbonyl (C=O) groups is 2. The first-order chi connectivity index (χ1) is 17.3. The number of nitrogens with one attached hydrogen (secondary N) is 1. The Morgan fingerprint density at radius 2 is 1.67 bits per heavy atom. The van der Waals surface area contributed by atoms with Gasteiger partial charge in [0, 0.05) is 23.4 Å². The van der Waals surface area contributed by atoms with Gasteiger partial charge < -0.3 is 14.8 Å². The molecule has 36 heavy (non-hydrogen) atoms. The molecule has 1 heterocycles. The number of benzene rings is 3. The lowest BCUT2D eigenvalue weighted by atomic mass is 10.1. The summed E-state index contributed by atoms with van der Waals surface area (Å²) in [7, 11) is 1.25. The van der Waals surface area contributed by atoms with Crippen LogP contribution in [0.2, 0.25) is 0 Å². The number of ether oxygens (including phenoxy) is 2. The molecule has 1 N–H and O–H groups in total. The van der Waals surface area contributed by atoms with Gasteiger partial charge in [-0.15, -0.1) is 0 Å². The molecule has 4 aromatic rings. The second kappa shape index (κ2) is 10.3. The summed E-state index contributed by atoms with van der Waals surface area (Å²) in [5, 5.41) is 6.78. The largest absolute Gasteiger partial charge is 0.497 e. The van der Waals surface area contributed by atoms with Crippen LogP contribution in [0.15, 0.2) is 66.7 Å². The molecular formula is C26H20F3N3O4. The lowest BCUT2D eigenvalue weighted by molar-refractivity contribution is 0.0518. The first-order valence-electron chi connectivity index (χ1n) is 10.8. The molecule has 0 radical (unpaired) electrons. The van der Waals surface area contributed by atoms with Crippen LogP contribution < -0.4 is 10.1 Å². The molecule has 10 heteroatoms. The SMILES string of the molecule is CCOC(=O)c1cc(-c2cccc(NC(=O)c3c(F)cc(OC)cc3F)c2)n(-c2ccc(F)cc2)n1. The monoisotopic (exact) mass is 495 g/mol. The molecule has 3 aromatic carbocycles. The fourth-order valence-corrected chi connectivity index (χ4v) is 3.51. The summed E-state index contributed by atoms with van der Waals surface area (Å²) in [5.41, 5.74) is 0.906. The highest BCUT2D eigenvalue weighted by Crippen LogP contribution is 2.28. The summed E-state index contributed by atoms with van der Waals surface area (Å²) >= 11 is 0. The Hall–Kier alpha value is -4.60. The summed E-state index contributed by atoms with van der Waals surface area (Å²) in [6.07, 6.45) is 0. The number of rotatable bonds is 7. The Balaban J connectivity index is 1.71. The molecule has 1 aromatic heterocycles. The van der Waals surface area contributed by atoms with Crippen molar-refractivity contribution in [1.82, 2.24) is 9.78 Å². The van der Waals surface area contributed by atoms with Crippen molar-refractivity contribution in [3.8, 4) is 22.7 Å². The second-order valence-corrected chi connectivity index (χ2v) is 7.52. The quantitative estimate of drug-likeness (QED) is 0.348. The second-order valence-electron chi connectivity index (χ2n) is 7.52. The molecule has 0 saturated carbocycles. The lowest BCUT2D eigenvalue weighted by Crippen LogP contribution is -2.16. The van der Waals surface area contributed by atoms with Gasteiger partial charge in [-0.2, -0.15) is 5.10 Å². The predicted molar refractivity (Wildman–Crippen MR) is 126 cm³/mol. The van der Waals surface area contributed by atoms with E-state index in [1.54, 1.807) is 25.1 Å². The van der Waals surface area contributed by atoms with E-state index in [1.807, 2.05) is 0 Å². The van der Waals surface area contributed by atoms with Crippen LogP contribution in [0.4, 0.5) is 18.9 Å². The molecule has 0 aliphatic heterocycles. The predicted octanol–water partition coefficient (Wildman–Crippen LogP) is 5.39. The molecule has 4 rings (SSSR count). The third-order valence-corrected chi connectivity index (χ3v) is 5.16. The number of esters is 1. The molecule has 0 unspecified atom stereocenters. The van der Waals surface area contributed by atoms with E-state index < -0.39 is 34.9 Å². The van der Waals surface area contributed by atoms with Crippen LogP contribution in [-0.2, 0) is 4.74 Å². The number of amides is 1. The number of hydrogen-bond donors (Lipinski definition) is 1. The molecular weight excluding hydrogens is 475 g/mol. The number of halogens is 3. The van der Waals surface area contributed by atoms with Crippen molar-refractivity contribution in [2.24, 2.45) is 0 Å². The summed E-state index contributed by atoms with van der Waals surface area (Å²) in [6.45, 7) is 1.81. The molecule has 1 amide bonds. The Labute approximate surface area is 204 Å². The van der Waals surface area contributed by atoms with Crippen molar-refractivity contribution in [1.29, 1.82) is 0 Å². The number of methoxy groups -OCH3 is 1. The van der Waals surface area contributed by atoms with Crippen LogP contribution in [-0.4, -0.2) is 35.4 Å². The zero-order valence-corrected chi connectivity index (χ0v) is 19.2. The standard InChI is InChI=1S/C26H20F3N3O4/c1-3-36-26(34)22-14-23(32(31-22)18-9-7-16(27)8-10-18)15-5-4-6-17(11-15)30-25(33)24-20(28)12-19(35-2)13-21(24)29/h4-14H,3H2,1-2H3,(H,30,33). The molecule has 0 saturated heterocycles. The fraction of sp³-hybridized carbons (Fsp3) is 0.115. The third-order valence-electron chi connectivity index (χ3n) is 5.16. The first kappa shape index (κ1) is 24.5. The molecule has 7 nitrogen and oxygen atoms in total. The number of hydrogen-bond acceptors (Lipinski definition) is 5. The topological polar surface area (TPSA) is 82.5 Å². The van der Waals surface area contributed by atoms with E-state index in [0.717, 1.165) is 12.1 Å². The van der Waals surface area contributed by atoms with Gasteiger partial charge in [-0.05, 0) is 49.4 Å². The van der Waals surface area contributed by atoms with Crippen LogP contribution in [0.3, 0.4) is 0 Å². The van der Waals surface area contributed by atoms with Crippen molar-refractivity contribution < 1.29 is 32.2 Å². The van der Waals surface area contributed by atoms with Crippen molar-refractivity contribution in [2.45, 2.75) is 6.92 Å². The van der Waals surface area contributed by atoms with Crippen LogP contribution in [0.25, 0.3) is 16.9 Å². The Morgan fingerprint density at radius 3 is 2.31 bits per heavy atom. The van der Waals surface area contributed by atoms with Crippen LogP contribution in [0.1, 0.15) is 27.8 Å². The molecule has 0 aliphatic carbocycles. The molecule has 184 valence electrons. The minimum absolute atomic E-state index is 0.0213. The fourth-order valence-electron chi connectivity index (χ4n) is 3.51. The normalized spacial score (nSPS) is 10.7. The van der Waals surface area contributed by atoms with E-state index in [1.165, 1.54) is 48.2 Å². The zero-order valence-electron chi connectivity index (χ0n) is 19.2. The van der Waals surface area contributed by atoms with Gasteiger partial charge in [-0.25, -0.2) is 22.6 Å². The Morgan fingerprint density at radius 1 is 0.972 bits per heavy atom. The minimum atomic E-state index is -1.08. The van der Waals surface area contributed by atoms with E-state index >= 15 is 0 Å². The summed E-state index contributed by atoms with van der Waals surface area (Å²) in [5.74, 6) is -4.29. The average molecular weight is 495 g/mol. The minimum Gasteiger partial charge on any atom is -0.497 e. The maximum Gasteiger partial charge on any atom is 0.358 e. The van der Waals surface area contributed by atoms with Crippen LogP contribution in [0, 0.1) is 17.5 Å². The van der Waals surface area contributed by atoms with Crippen molar-refractivity contribution in [2.75, 3.05) is 19.0 Å². The highest BCUT2D eigenvalue weighted by molar-refractivity contribution is 6.05.